The number of ether oxygens (including phenoxy) is 2. The smallest absolute Gasteiger partial charge is 0.331 e. The summed E-state index contributed by atoms with van der Waals surface area (Å²) in [5.74, 6) is 0.611. The summed E-state index contributed by atoms with van der Waals surface area (Å²) in [6.07, 6.45) is 6.31. The first-order valence-electron chi connectivity index (χ1n) is 12.6. The standard InChI is InChI=1S/C23H30N4O4.C4H10/c1-5-8-17(24)19-14(3)21(28)26-20(25-19)16-13-15(9-10-18(16)31-6-2)27-23(11-7-12-23)22(29)30-4;1-3-4-2/h9-10,13,24,27H,5-8,11-12H2,1-4H3,(H,25,26,28);3-4H2,1-2H3. The number of rotatable bonds is 10. The second kappa shape index (κ2) is 13.1. The Balaban J connectivity index is 0.00000100. The predicted molar refractivity (Wildman–Crippen MR) is 141 cm³/mol. The predicted octanol–water partition coefficient (Wildman–Crippen LogP) is 5.63. The minimum Gasteiger partial charge on any atom is -0.493 e. The van der Waals surface area contributed by atoms with E-state index >= 15 is 0 Å². The lowest BCUT2D eigenvalue weighted by molar-refractivity contribution is -0.149. The number of esters is 1. The van der Waals surface area contributed by atoms with Crippen molar-refractivity contribution in [2.75, 3.05) is 19.0 Å². The van der Waals surface area contributed by atoms with Crippen molar-refractivity contribution in [3.63, 3.8) is 0 Å². The Morgan fingerprint density at radius 3 is 2.37 bits per heavy atom. The summed E-state index contributed by atoms with van der Waals surface area (Å²) in [7, 11) is 1.39. The van der Waals surface area contributed by atoms with Crippen molar-refractivity contribution in [3.8, 4) is 17.1 Å². The van der Waals surface area contributed by atoms with Crippen LogP contribution in [0.3, 0.4) is 0 Å². The number of hydrogen-bond donors (Lipinski definition) is 3. The molecule has 2 aromatic rings. The first-order valence-corrected chi connectivity index (χ1v) is 12.6. The van der Waals surface area contributed by atoms with Gasteiger partial charge in [-0.15, -0.1) is 0 Å². The van der Waals surface area contributed by atoms with E-state index in [2.05, 4.69) is 29.1 Å². The molecule has 35 heavy (non-hydrogen) atoms. The Kier molecular flexibility index (Phi) is 10.5. The van der Waals surface area contributed by atoms with E-state index in [0.717, 1.165) is 12.8 Å². The zero-order chi connectivity index (χ0) is 26.0. The average molecular weight is 485 g/mol. The second-order valence-corrected chi connectivity index (χ2v) is 8.81. The van der Waals surface area contributed by atoms with Gasteiger partial charge in [0.2, 0.25) is 0 Å². The molecule has 0 atom stereocenters. The van der Waals surface area contributed by atoms with E-state index < -0.39 is 5.54 Å². The van der Waals surface area contributed by atoms with Gasteiger partial charge in [-0.25, -0.2) is 9.78 Å². The highest BCUT2D eigenvalue weighted by molar-refractivity contribution is 5.98. The first-order chi connectivity index (χ1) is 16.8. The van der Waals surface area contributed by atoms with Crippen molar-refractivity contribution in [2.45, 2.75) is 85.1 Å². The van der Waals surface area contributed by atoms with Gasteiger partial charge in [0.1, 0.15) is 17.1 Å². The van der Waals surface area contributed by atoms with Crippen LogP contribution < -0.4 is 15.6 Å². The molecular weight excluding hydrogens is 444 g/mol. The molecule has 0 bridgehead atoms. The van der Waals surface area contributed by atoms with Crippen molar-refractivity contribution in [1.29, 1.82) is 5.41 Å². The van der Waals surface area contributed by atoms with Crippen molar-refractivity contribution >= 4 is 17.4 Å². The Morgan fingerprint density at radius 1 is 1.17 bits per heavy atom. The number of anilines is 1. The third-order valence-electron chi connectivity index (χ3n) is 6.14. The number of nitrogens with zero attached hydrogens (tertiary/aromatic N) is 1. The van der Waals surface area contributed by atoms with Gasteiger partial charge in [0.15, 0.2) is 0 Å². The summed E-state index contributed by atoms with van der Waals surface area (Å²) in [4.78, 5) is 32.3. The molecule has 1 aliphatic carbocycles. The number of hydrogen-bond acceptors (Lipinski definition) is 7. The Morgan fingerprint density at radius 2 is 1.86 bits per heavy atom. The molecule has 8 nitrogen and oxygen atoms in total. The average Bonchev–Trinajstić information content (AvgIpc) is 2.83. The van der Waals surface area contributed by atoms with Crippen LogP contribution in [0.2, 0.25) is 0 Å². The number of benzene rings is 1. The second-order valence-electron chi connectivity index (χ2n) is 8.81. The van der Waals surface area contributed by atoms with Crippen molar-refractivity contribution in [3.05, 3.63) is 39.8 Å². The molecule has 0 amide bonds. The van der Waals surface area contributed by atoms with E-state index in [1.807, 2.05) is 26.0 Å². The maximum atomic E-state index is 12.6. The van der Waals surface area contributed by atoms with Crippen LogP contribution in [0.25, 0.3) is 11.4 Å². The molecule has 0 saturated heterocycles. The number of carbonyl (C=O) groups is 1. The topological polar surface area (TPSA) is 117 Å². The number of carbonyl (C=O) groups excluding carboxylic acids is 1. The summed E-state index contributed by atoms with van der Waals surface area (Å²) in [5, 5.41) is 11.6. The number of methoxy groups -OCH3 is 1. The molecule has 1 saturated carbocycles. The lowest BCUT2D eigenvalue weighted by atomic mass is 9.76. The van der Waals surface area contributed by atoms with Crippen LogP contribution >= 0.6 is 0 Å². The van der Waals surface area contributed by atoms with Gasteiger partial charge in [0, 0.05) is 11.3 Å². The van der Waals surface area contributed by atoms with Gasteiger partial charge in [-0.2, -0.15) is 0 Å². The Labute approximate surface area is 208 Å². The summed E-state index contributed by atoms with van der Waals surface area (Å²) in [5.41, 5.74) is 1.43. The van der Waals surface area contributed by atoms with Crippen LogP contribution in [0.4, 0.5) is 5.69 Å². The van der Waals surface area contributed by atoms with Gasteiger partial charge < -0.3 is 25.2 Å². The van der Waals surface area contributed by atoms with Gasteiger partial charge >= 0.3 is 5.97 Å². The third-order valence-corrected chi connectivity index (χ3v) is 6.14. The molecule has 192 valence electrons. The first kappa shape index (κ1) is 28.1. The number of H-pyrrole nitrogens is 1. The molecule has 0 radical (unpaired) electrons. The van der Waals surface area contributed by atoms with Crippen LogP contribution in [-0.4, -0.2) is 40.9 Å². The zero-order valence-electron chi connectivity index (χ0n) is 22.0. The number of aromatic amines is 1. The molecule has 1 aromatic carbocycles. The van der Waals surface area contributed by atoms with Gasteiger partial charge in [-0.1, -0.05) is 40.0 Å². The molecule has 3 rings (SSSR count). The van der Waals surface area contributed by atoms with Gasteiger partial charge in [0.25, 0.3) is 5.56 Å². The maximum Gasteiger partial charge on any atom is 0.331 e. The van der Waals surface area contributed by atoms with Gasteiger partial charge in [-0.3, -0.25) is 4.79 Å². The molecule has 3 N–H and O–H groups in total. The molecule has 0 spiro atoms. The Bertz CT molecular complexity index is 1070. The van der Waals surface area contributed by atoms with E-state index in [0.29, 0.717) is 65.7 Å². The van der Waals surface area contributed by atoms with E-state index in [-0.39, 0.29) is 11.5 Å². The summed E-state index contributed by atoms with van der Waals surface area (Å²) in [6, 6.07) is 5.44. The third kappa shape index (κ3) is 6.71. The van der Waals surface area contributed by atoms with Crippen LogP contribution in [0.5, 0.6) is 5.75 Å². The molecular formula is C27H40N4O4. The van der Waals surface area contributed by atoms with E-state index in [1.165, 1.54) is 20.0 Å². The van der Waals surface area contributed by atoms with Gasteiger partial charge in [-0.05, 0) is 57.7 Å². The normalized spacial score (nSPS) is 13.7. The lowest BCUT2D eigenvalue weighted by Gasteiger charge is -2.40. The SMILES string of the molecule is CCCC.CCCC(=N)c1nc(-c2cc(NC3(C(=O)OC)CCC3)ccc2OCC)[nH]c(=O)c1C. The number of unbranched alkanes of at least 4 members (excludes halogenated alkanes) is 1. The highest BCUT2D eigenvalue weighted by atomic mass is 16.5. The minimum absolute atomic E-state index is 0.285. The fraction of sp³-hybridized carbons (Fsp3) is 0.556. The number of nitrogens with one attached hydrogen (secondary N) is 3. The fourth-order valence-electron chi connectivity index (χ4n) is 3.78. The molecule has 1 fully saturated rings. The summed E-state index contributed by atoms with van der Waals surface area (Å²) >= 11 is 0. The van der Waals surface area contributed by atoms with Crippen LogP contribution in [0, 0.1) is 12.3 Å². The molecule has 0 unspecified atom stereocenters. The van der Waals surface area contributed by atoms with E-state index in [1.54, 1.807) is 13.0 Å². The van der Waals surface area contributed by atoms with Crippen LogP contribution in [0.15, 0.2) is 23.0 Å². The van der Waals surface area contributed by atoms with Crippen molar-refractivity contribution in [2.24, 2.45) is 0 Å². The van der Waals surface area contributed by atoms with E-state index in [4.69, 9.17) is 14.9 Å². The zero-order valence-corrected chi connectivity index (χ0v) is 22.0. The van der Waals surface area contributed by atoms with Crippen molar-refractivity contribution in [1.82, 2.24) is 9.97 Å². The van der Waals surface area contributed by atoms with Gasteiger partial charge in [0.05, 0.1) is 30.7 Å². The Hall–Kier alpha value is -3.16. The highest BCUT2D eigenvalue weighted by Gasteiger charge is 2.45. The summed E-state index contributed by atoms with van der Waals surface area (Å²) < 4.78 is 10.8. The quantitative estimate of drug-likeness (QED) is 0.297. The van der Waals surface area contributed by atoms with Crippen molar-refractivity contribution < 1.29 is 14.3 Å². The minimum atomic E-state index is -0.734. The molecule has 8 heteroatoms. The lowest BCUT2D eigenvalue weighted by Crippen LogP contribution is -2.52. The van der Waals surface area contributed by atoms with E-state index in [9.17, 15) is 9.59 Å². The maximum absolute atomic E-state index is 12.6. The molecule has 0 aliphatic heterocycles. The molecule has 1 aromatic heterocycles. The fourth-order valence-corrected chi connectivity index (χ4v) is 3.78. The van der Waals surface area contributed by atoms with Crippen LogP contribution in [-0.2, 0) is 9.53 Å². The highest BCUT2D eigenvalue weighted by Crippen LogP contribution is 2.38. The molecule has 1 aliphatic rings. The monoisotopic (exact) mass is 484 g/mol. The molecule has 1 heterocycles. The number of aromatic nitrogens is 2. The van der Waals surface area contributed by atoms with Crippen LogP contribution in [0.1, 0.15) is 83.9 Å². The largest absolute Gasteiger partial charge is 0.493 e. The summed E-state index contributed by atoms with van der Waals surface area (Å²) in [6.45, 7) is 10.3.